The van der Waals surface area contributed by atoms with E-state index in [9.17, 15) is 9.59 Å². The van der Waals surface area contributed by atoms with E-state index in [1.54, 1.807) is 23.6 Å². The van der Waals surface area contributed by atoms with Crippen molar-refractivity contribution >= 4 is 35.2 Å². The van der Waals surface area contributed by atoms with Gasteiger partial charge in [0, 0.05) is 29.4 Å². The average molecular weight is 447 g/mol. The van der Waals surface area contributed by atoms with E-state index in [2.05, 4.69) is 11.4 Å². The van der Waals surface area contributed by atoms with Gasteiger partial charge in [0.1, 0.15) is 6.04 Å². The van der Waals surface area contributed by atoms with E-state index in [4.69, 9.17) is 11.6 Å². The van der Waals surface area contributed by atoms with Gasteiger partial charge in [-0.1, -0.05) is 48.4 Å². The minimum atomic E-state index is -0.506. The molecule has 2 aromatic rings. The lowest BCUT2D eigenvalue weighted by molar-refractivity contribution is -0.140. The van der Waals surface area contributed by atoms with Gasteiger partial charge < -0.3 is 10.2 Å². The molecule has 1 atom stereocenters. The zero-order chi connectivity index (χ0) is 21.9. The largest absolute Gasteiger partial charge is 0.354 e. The summed E-state index contributed by atoms with van der Waals surface area (Å²) in [5.74, 6) is 0.739. The smallest absolute Gasteiger partial charge is 0.242 e. The Bertz CT molecular complexity index is 826. The summed E-state index contributed by atoms with van der Waals surface area (Å²) in [7, 11) is 0. The Morgan fingerprint density at radius 3 is 2.57 bits per heavy atom. The molecular weight excluding hydrogens is 416 g/mol. The van der Waals surface area contributed by atoms with Crippen LogP contribution in [0.4, 0.5) is 0 Å². The Kier molecular flexibility index (Phi) is 10.2. The van der Waals surface area contributed by atoms with Crippen molar-refractivity contribution in [1.29, 1.82) is 0 Å². The molecule has 30 heavy (non-hydrogen) atoms. The molecule has 0 saturated carbocycles. The predicted octanol–water partition coefficient (Wildman–Crippen LogP) is 5.46. The Morgan fingerprint density at radius 2 is 1.90 bits per heavy atom. The van der Waals surface area contributed by atoms with Gasteiger partial charge in [-0.2, -0.15) is 0 Å². The monoisotopic (exact) mass is 446 g/mol. The van der Waals surface area contributed by atoms with Gasteiger partial charge in [0.25, 0.3) is 0 Å². The minimum Gasteiger partial charge on any atom is -0.354 e. The minimum absolute atomic E-state index is 0.00682. The van der Waals surface area contributed by atoms with Crippen molar-refractivity contribution in [2.45, 2.75) is 57.5 Å². The fraction of sp³-hybridized carbons (Fsp3) is 0.417. The Morgan fingerprint density at radius 1 is 1.17 bits per heavy atom. The maximum Gasteiger partial charge on any atom is 0.242 e. The molecule has 0 radical (unpaired) electrons. The van der Waals surface area contributed by atoms with Crippen LogP contribution in [0.25, 0.3) is 0 Å². The summed E-state index contributed by atoms with van der Waals surface area (Å²) < 4.78 is 0. The van der Waals surface area contributed by atoms with Crippen LogP contribution in [-0.4, -0.2) is 35.1 Å². The second kappa shape index (κ2) is 12.7. The predicted molar refractivity (Wildman–Crippen MR) is 126 cm³/mol. The normalized spacial score (nSPS) is 11.7. The van der Waals surface area contributed by atoms with Gasteiger partial charge in [-0.15, -0.1) is 11.8 Å². The van der Waals surface area contributed by atoms with Gasteiger partial charge in [-0.25, -0.2) is 0 Å². The van der Waals surface area contributed by atoms with E-state index in [0.717, 1.165) is 39.6 Å². The summed E-state index contributed by atoms with van der Waals surface area (Å²) in [5.41, 5.74) is 2.18. The fourth-order valence-electron chi connectivity index (χ4n) is 3.07. The lowest BCUT2D eigenvalue weighted by Crippen LogP contribution is -2.47. The number of carbonyl (C=O) groups is 2. The number of rotatable bonds is 11. The average Bonchev–Trinajstić information content (AvgIpc) is 2.74. The molecule has 162 valence electrons. The Labute approximate surface area is 189 Å². The molecule has 2 amide bonds. The van der Waals surface area contributed by atoms with Gasteiger partial charge in [0.2, 0.25) is 11.8 Å². The molecule has 0 bridgehead atoms. The third-order valence-electron chi connectivity index (χ3n) is 4.77. The molecule has 0 aromatic heterocycles. The van der Waals surface area contributed by atoms with Crippen molar-refractivity contribution in [3.8, 4) is 0 Å². The number of aryl methyl sites for hydroxylation is 1. The number of thioether (sulfide) groups is 1. The number of carbonyl (C=O) groups excluding carboxylic acids is 2. The van der Waals surface area contributed by atoms with E-state index >= 15 is 0 Å². The lowest BCUT2D eigenvalue weighted by atomic mass is 10.1. The van der Waals surface area contributed by atoms with Crippen molar-refractivity contribution < 1.29 is 9.59 Å². The summed E-state index contributed by atoms with van der Waals surface area (Å²) in [5, 5.41) is 3.63. The molecule has 0 aliphatic carbocycles. The molecule has 0 aliphatic heterocycles. The van der Waals surface area contributed by atoms with Gasteiger partial charge in [-0.3, -0.25) is 9.59 Å². The molecule has 0 spiro atoms. The molecule has 2 rings (SSSR count). The number of nitrogens with one attached hydrogen (secondary N) is 1. The number of amides is 2. The van der Waals surface area contributed by atoms with Crippen LogP contribution in [0, 0.1) is 6.92 Å². The topological polar surface area (TPSA) is 49.4 Å². The summed E-state index contributed by atoms with van der Waals surface area (Å²) in [4.78, 5) is 28.4. The highest BCUT2D eigenvalue weighted by Crippen LogP contribution is 2.22. The van der Waals surface area contributed by atoms with Crippen LogP contribution < -0.4 is 5.32 Å². The summed E-state index contributed by atoms with van der Waals surface area (Å²) in [6, 6.07) is 15.3. The fourth-order valence-corrected chi connectivity index (χ4v) is 4.05. The lowest BCUT2D eigenvalue weighted by Gasteiger charge is -2.29. The molecule has 4 nitrogen and oxygen atoms in total. The summed E-state index contributed by atoms with van der Waals surface area (Å²) >= 11 is 7.63. The van der Waals surface area contributed by atoms with E-state index < -0.39 is 6.04 Å². The van der Waals surface area contributed by atoms with Crippen LogP contribution >= 0.6 is 23.4 Å². The van der Waals surface area contributed by atoms with Crippen molar-refractivity contribution in [2.24, 2.45) is 0 Å². The van der Waals surface area contributed by atoms with E-state index in [1.165, 1.54) is 0 Å². The van der Waals surface area contributed by atoms with Crippen LogP contribution in [0.15, 0.2) is 53.4 Å². The number of hydrogen-bond donors (Lipinski definition) is 1. The van der Waals surface area contributed by atoms with Gasteiger partial charge in [-0.05, 0) is 62.3 Å². The first-order chi connectivity index (χ1) is 14.4. The molecule has 0 fully saturated rings. The highest BCUT2D eigenvalue weighted by Gasteiger charge is 2.25. The maximum atomic E-state index is 13.0. The highest BCUT2D eigenvalue weighted by atomic mass is 35.5. The number of halogens is 1. The molecular formula is C24H31ClN2O2S. The summed E-state index contributed by atoms with van der Waals surface area (Å²) in [6.45, 7) is 6.90. The molecule has 0 saturated heterocycles. The van der Waals surface area contributed by atoms with Crippen LogP contribution in [0.5, 0.6) is 0 Å². The molecule has 1 unspecified atom stereocenters. The van der Waals surface area contributed by atoms with Crippen LogP contribution in [-0.2, 0) is 16.1 Å². The zero-order valence-corrected chi connectivity index (χ0v) is 19.6. The zero-order valence-electron chi connectivity index (χ0n) is 18.0. The van der Waals surface area contributed by atoms with E-state index in [-0.39, 0.29) is 11.8 Å². The Balaban J connectivity index is 1.97. The van der Waals surface area contributed by atoms with E-state index in [1.807, 2.05) is 56.3 Å². The molecule has 1 N–H and O–H groups in total. The van der Waals surface area contributed by atoms with Crippen molar-refractivity contribution in [1.82, 2.24) is 10.2 Å². The van der Waals surface area contributed by atoms with Crippen molar-refractivity contribution in [3.63, 3.8) is 0 Å². The molecule has 0 aliphatic rings. The number of hydrogen-bond acceptors (Lipinski definition) is 3. The first kappa shape index (κ1) is 24.3. The third kappa shape index (κ3) is 8.04. The second-order valence-corrected chi connectivity index (χ2v) is 8.99. The summed E-state index contributed by atoms with van der Waals surface area (Å²) in [6.07, 6.45) is 2.03. The number of benzene rings is 2. The van der Waals surface area contributed by atoms with Gasteiger partial charge in [0.05, 0.1) is 0 Å². The number of nitrogens with zero attached hydrogens (tertiary/aromatic N) is 1. The first-order valence-corrected chi connectivity index (χ1v) is 11.8. The van der Waals surface area contributed by atoms with Gasteiger partial charge in [0.15, 0.2) is 0 Å². The molecule has 2 aromatic carbocycles. The highest BCUT2D eigenvalue weighted by molar-refractivity contribution is 7.99. The van der Waals surface area contributed by atoms with Crippen LogP contribution in [0.2, 0.25) is 5.02 Å². The maximum absolute atomic E-state index is 13.0. The third-order valence-corrected chi connectivity index (χ3v) is 6.12. The standard InChI is InChI=1S/C24H31ClN2O2S/c1-4-14-26-24(29)19(3)27(17-20-8-5-7-18(2)16-20)23(28)9-6-15-30-22-12-10-21(25)11-13-22/h5,7-8,10-13,16,19H,4,6,9,14-15,17H2,1-3H3,(H,26,29). The molecule has 0 heterocycles. The van der Waals surface area contributed by atoms with Crippen molar-refractivity contribution in [2.75, 3.05) is 12.3 Å². The SMILES string of the molecule is CCCNC(=O)C(C)N(Cc1cccc(C)c1)C(=O)CCCSc1ccc(Cl)cc1. The first-order valence-electron chi connectivity index (χ1n) is 10.4. The Hall–Kier alpha value is -1.98. The van der Waals surface area contributed by atoms with Gasteiger partial charge >= 0.3 is 0 Å². The second-order valence-electron chi connectivity index (χ2n) is 7.38. The quantitative estimate of drug-likeness (QED) is 0.368. The van der Waals surface area contributed by atoms with Crippen molar-refractivity contribution in [3.05, 3.63) is 64.7 Å². The molecule has 6 heteroatoms. The van der Waals surface area contributed by atoms with Crippen LogP contribution in [0.3, 0.4) is 0 Å². The van der Waals surface area contributed by atoms with E-state index in [0.29, 0.717) is 19.5 Å². The van der Waals surface area contributed by atoms with Crippen LogP contribution in [0.1, 0.15) is 44.2 Å².